The van der Waals surface area contributed by atoms with Gasteiger partial charge in [-0.1, -0.05) is 41.9 Å². The summed E-state index contributed by atoms with van der Waals surface area (Å²) in [6.07, 6.45) is 0. The summed E-state index contributed by atoms with van der Waals surface area (Å²) < 4.78 is 5.12. The van der Waals surface area contributed by atoms with Crippen LogP contribution in [-0.2, 0) is 11.3 Å². The zero-order valence-corrected chi connectivity index (χ0v) is 14.9. The lowest BCUT2D eigenvalue weighted by Crippen LogP contribution is -2.42. The van der Waals surface area contributed by atoms with Crippen molar-refractivity contribution in [3.8, 4) is 5.75 Å². The first-order valence-electron chi connectivity index (χ1n) is 7.92. The van der Waals surface area contributed by atoms with E-state index in [4.69, 9.17) is 16.3 Å². The Balaban J connectivity index is 1.86. The topological polar surface area (TPSA) is 50.4 Å². The Morgan fingerprint density at radius 3 is 2.42 bits per heavy atom. The van der Waals surface area contributed by atoms with Gasteiger partial charge in [-0.3, -0.25) is 10.1 Å². The predicted molar refractivity (Wildman–Crippen MR) is 97.3 cm³/mol. The molecule has 0 aliphatic heterocycles. The maximum absolute atomic E-state index is 12.3. The van der Waals surface area contributed by atoms with Crippen molar-refractivity contribution in [1.29, 1.82) is 0 Å². The first kappa shape index (κ1) is 18.3. The van der Waals surface area contributed by atoms with Gasteiger partial charge in [-0.15, -0.1) is 0 Å². The van der Waals surface area contributed by atoms with Crippen LogP contribution in [0.3, 0.4) is 0 Å². The van der Waals surface area contributed by atoms with Crippen LogP contribution in [-0.4, -0.2) is 19.1 Å². The van der Waals surface area contributed by atoms with Gasteiger partial charge in [0.2, 0.25) is 5.91 Å². The summed E-state index contributed by atoms with van der Waals surface area (Å²) in [6.45, 7) is 4.32. The number of nitrogens with one attached hydrogen (secondary N) is 2. The van der Waals surface area contributed by atoms with E-state index >= 15 is 0 Å². The van der Waals surface area contributed by atoms with Gasteiger partial charge in [0.25, 0.3) is 0 Å². The molecule has 2 aromatic rings. The molecule has 2 rings (SSSR count). The molecule has 0 aliphatic carbocycles. The van der Waals surface area contributed by atoms with Crippen molar-refractivity contribution in [2.24, 2.45) is 0 Å². The monoisotopic (exact) mass is 346 g/mol. The molecule has 24 heavy (non-hydrogen) atoms. The Morgan fingerprint density at radius 1 is 1.12 bits per heavy atom. The van der Waals surface area contributed by atoms with Gasteiger partial charge < -0.3 is 10.1 Å². The maximum Gasteiger partial charge on any atom is 0.237 e. The van der Waals surface area contributed by atoms with Crippen LogP contribution >= 0.6 is 11.6 Å². The average Bonchev–Trinajstić information content (AvgIpc) is 2.60. The van der Waals surface area contributed by atoms with Gasteiger partial charge in [-0.25, -0.2) is 0 Å². The third-order valence-corrected chi connectivity index (χ3v) is 4.24. The predicted octanol–water partition coefficient (Wildman–Crippen LogP) is 3.70. The van der Waals surface area contributed by atoms with Crippen LogP contribution in [0.4, 0.5) is 0 Å². The van der Waals surface area contributed by atoms with Crippen LogP contribution in [0.15, 0.2) is 48.5 Å². The lowest BCUT2D eigenvalue weighted by atomic mass is 10.1. The Labute approximate surface area is 148 Å². The van der Waals surface area contributed by atoms with Crippen molar-refractivity contribution >= 4 is 17.5 Å². The number of methoxy groups -OCH3 is 1. The van der Waals surface area contributed by atoms with E-state index in [1.165, 1.54) is 0 Å². The molecule has 2 atom stereocenters. The molecular weight excluding hydrogens is 324 g/mol. The van der Waals surface area contributed by atoms with E-state index < -0.39 is 0 Å². The fraction of sp³-hybridized carbons (Fsp3) is 0.316. The Bertz CT molecular complexity index is 673. The standard InChI is InChI=1S/C19H23ClN2O2/c1-13(17-6-4-5-7-18(17)20)22-14(2)19(23)21-12-15-8-10-16(24-3)11-9-15/h4-11,13-14,22H,12H2,1-3H3,(H,21,23)/t13-,14-/m1/s1. The van der Waals surface area contributed by atoms with Crippen molar-refractivity contribution < 1.29 is 9.53 Å². The van der Waals surface area contributed by atoms with Gasteiger partial charge in [-0.05, 0) is 43.2 Å². The van der Waals surface area contributed by atoms with Crippen LogP contribution in [0.2, 0.25) is 5.02 Å². The first-order chi connectivity index (χ1) is 11.5. The molecule has 0 unspecified atom stereocenters. The molecule has 128 valence electrons. The first-order valence-corrected chi connectivity index (χ1v) is 8.30. The molecule has 0 aromatic heterocycles. The molecule has 0 heterocycles. The summed E-state index contributed by atoms with van der Waals surface area (Å²) in [7, 11) is 1.63. The second-order valence-corrected chi connectivity index (χ2v) is 6.10. The van der Waals surface area contributed by atoms with Gasteiger partial charge in [0.15, 0.2) is 0 Å². The number of halogens is 1. The number of rotatable bonds is 7. The third kappa shape index (κ3) is 4.98. The third-order valence-electron chi connectivity index (χ3n) is 3.89. The summed E-state index contributed by atoms with van der Waals surface area (Å²) in [4.78, 5) is 12.3. The molecule has 0 bridgehead atoms. The smallest absolute Gasteiger partial charge is 0.237 e. The maximum atomic E-state index is 12.3. The second-order valence-electron chi connectivity index (χ2n) is 5.70. The minimum atomic E-state index is -0.325. The molecule has 0 fully saturated rings. The van der Waals surface area contributed by atoms with Crippen LogP contribution in [0.5, 0.6) is 5.75 Å². The molecule has 0 radical (unpaired) electrons. The van der Waals surface area contributed by atoms with Crippen molar-refractivity contribution in [3.05, 3.63) is 64.7 Å². The van der Waals surface area contributed by atoms with Crippen LogP contribution < -0.4 is 15.4 Å². The number of hydrogen-bond donors (Lipinski definition) is 2. The van der Waals surface area contributed by atoms with E-state index in [1.54, 1.807) is 7.11 Å². The summed E-state index contributed by atoms with van der Waals surface area (Å²) in [6, 6.07) is 14.9. The minimum absolute atomic E-state index is 0.0135. The molecule has 5 heteroatoms. The summed E-state index contributed by atoms with van der Waals surface area (Å²) in [5.74, 6) is 0.749. The Morgan fingerprint density at radius 2 is 1.79 bits per heavy atom. The van der Waals surface area contributed by atoms with E-state index in [0.717, 1.165) is 16.9 Å². The van der Waals surface area contributed by atoms with Gasteiger partial charge in [0.05, 0.1) is 13.2 Å². The van der Waals surface area contributed by atoms with Gasteiger partial charge in [-0.2, -0.15) is 0 Å². The quantitative estimate of drug-likeness (QED) is 0.803. The van der Waals surface area contributed by atoms with Crippen molar-refractivity contribution in [1.82, 2.24) is 10.6 Å². The molecule has 2 N–H and O–H groups in total. The fourth-order valence-corrected chi connectivity index (χ4v) is 2.75. The van der Waals surface area contributed by atoms with E-state index in [1.807, 2.05) is 62.4 Å². The SMILES string of the molecule is COc1ccc(CNC(=O)[C@@H](C)N[C@H](C)c2ccccc2Cl)cc1. The van der Waals surface area contributed by atoms with E-state index in [0.29, 0.717) is 11.6 Å². The van der Waals surface area contributed by atoms with Gasteiger partial charge in [0.1, 0.15) is 5.75 Å². The molecule has 2 aromatic carbocycles. The number of carbonyl (C=O) groups excluding carboxylic acids is 1. The number of ether oxygens (including phenoxy) is 1. The highest BCUT2D eigenvalue weighted by Gasteiger charge is 2.17. The largest absolute Gasteiger partial charge is 0.497 e. The Hall–Kier alpha value is -2.04. The highest BCUT2D eigenvalue weighted by atomic mass is 35.5. The lowest BCUT2D eigenvalue weighted by Gasteiger charge is -2.21. The van der Waals surface area contributed by atoms with Crippen LogP contribution in [0.1, 0.15) is 31.0 Å². The molecule has 0 saturated heterocycles. The molecule has 4 nitrogen and oxygen atoms in total. The average molecular weight is 347 g/mol. The summed E-state index contributed by atoms with van der Waals surface area (Å²) in [5.41, 5.74) is 2.00. The van der Waals surface area contributed by atoms with Crippen LogP contribution in [0, 0.1) is 0 Å². The molecule has 0 spiro atoms. The molecular formula is C19H23ClN2O2. The second kappa shape index (κ2) is 8.71. The summed E-state index contributed by atoms with van der Waals surface area (Å²) >= 11 is 6.20. The summed E-state index contributed by atoms with van der Waals surface area (Å²) in [5, 5.41) is 6.90. The number of carbonyl (C=O) groups is 1. The van der Waals surface area contributed by atoms with Crippen molar-refractivity contribution in [2.75, 3.05) is 7.11 Å². The molecule has 0 saturated carbocycles. The molecule has 1 amide bonds. The van der Waals surface area contributed by atoms with E-state index in [2.05, 4.69) is 10.6 Å². The van der Waals surface area contributed by atoms with Gasteiger partial charge >= 0.3 is 0 Å². The highest BCUT2D eigenvalue weighted by molar-refractivity contribution is 6.31. The van der Waals surface area contributed by atoms with Crippen molar-refractivity contribution in [2.45, 2.75) is 32.5 Å². The molecule has 0 aliphatic rings. The van der Waals surface area contributed by atoms with Crippen molar-refractivity contribution in [3.63, 3.8) is 0 Å². The fourth-order valence-electron chi connectivity index (χ4n) is 2.45. The number of amides is 1. The normalized spacial score (nSPS) is 13.2. The van der Waals surface area contributed by atoms with Crippen LogP contribution in [0.25, 0.3) is 0 Å². The highest BCUT2D eigenvalue weighted by Crippen LogP contribution is 2.22. The minimum Gasteiger partial charge on any atom is -0.497 e. The Kier molecular flexibility index (Phi) is 6.64. The zero-order valence-electron chi connectivity index (χ0n) is 14.2. The van der Waals surface area contributed by atoms with Gasteiger partial charge in [0, 0.05) is 17.6 Å². The lowest BCUT2D eigenvalue weighted by molar-refractivity contribution is -0.123. The van der Waals surface area contributed by atoms with E-state index in [-0.39, 0.29) is 18.0 Å². The number of benzene rings is 2. The zero-order chi connectivity index (χ0) is 17.5. The van der Waals surface area contributed by atoms with E-state index in [9.17, 15) is 4.79 Å². The number of hydrogen-bond acceptors (Lipinski definition) is 3.